The van der Waals surface area contributed by atoms with Crippen LogP contribution in [-0.2, 0) is 6.61 Å². The third-order valence-electron chi connectivity index (χ3n) is 1.64. The van der Waals surface area contributed by atoms with E-state index < -0.39 is 0 Å². The maximum absolute atomic E-state index is 8.88. The molecule has 0 aliphatic rings. The number of halogens is 1. The van der Waals surface area contributed by atoms with E-state index in [9.17, 15) is 0 Å². The Hall–Kier alpha value is -0.730. The van der Waals surface area contributed by atoms with Crippen LogP contribution in [0.5, 0.6) is 5.75 Å². The minimum Gasteiger partial charge on any atom is -0.492 e. The van der Waals surface area contributed by atoms with Crippen LogP contribution in [0.4, 0.5) is 0 Å². The van der Waals surface area contributed by atoms with Crippen molar-refractivity contribution >= 4 is 11.6 Å². The summed E-state index contributed by atoms with van der Waals surface area (Å²) in [5, 5.41) is 9.47. The molecule has 0 aromatic heterocycles. The molecule has 1 N–H and O–H groups in total. The Morgan fingerprint density at radius 1 is 1.46 bits per heavy atom. The molecular formula is C10H13ClO2. The van der Waals surface area contributed by atoms with Crippen LogP contribution in [0.1, 0.15) is 18.9 Å². The summed E-state index contributed by atoms with van der Waals surface area (Å²) in [7, 11) is 0. The van der Waals surface area contributed by atoms with Crippen molar-refractivity contribution in [2.24, 2.45) is 0 Å². The second-order valence-corrected chi connectivity index (χ2v) is 3.18. The molecule has 0 amide bonds. The maximum atomic E-state index is 8.88. The second-order valence-electron chi connectivity index (χ2n) is 2.77. The molecule has 0 bridgehead atoms. The summed E-state index contributed by atoms with van der Waals surface area (Å²) < 4.78 is 5.39. The van der Waals surface area contributed by atoms with Crippen LogP contribution < -0.4 is 4.74 Å². The second kappa shape index (κ2) is 5.10. The molecule has 1 aromatic carbocycles. The molecule has 0 saturated heterocycles. The van der Waals surface area contributed by atoms with Gasteiger partial charge in [0, 0.05) is 0 Å². The van der Waals surface area contributed by atoms with Gasteiger partial charge in [0.25, 0.3) is 0 Å². The van der Waals surface area contributed by atoms with Crippen molar-refractivity contribution in [2.75, 3.05) is 6.61 Å². The van der Waals surface area contributed by atoms with Crippen molar-refractivity contribution in [2.45, 2.75) is 20.0 Å². The van der Waals surface area contributed by atoms with E-state index >= 15 is 0 Å². The molecule has 0 spiro atoms. The number of rotatable bonds is 4. The fraction of sp³-hybridized carbons (Fsp3) is 0.400. The van der Waals surface area contributed by atoms with Gasteiger partial charge >= 0.3 is 0 Å². The van der Waals surface area contributed by atoms with E-state index in [4.69, 9.17) is 21.4 Å². The molecule has 0 atom stereocenters. The number of aliphatic hydroxyl groups excluding tert-OH is 1. The zero-order valence-electron chi connectivity index (χ0n) is 7.59. The van der Waals surface area contributed by atoms with Gasteiger partial charge in [0.05, 0.1) is 18.2 Å². The molecule has 0 radical (unpaired) electrons. The van der Waals surface area contributed by atoms with Gasteiger partial charge in [0.15, 0.2) is 0 Å². The van der Waals surface area contributed by atoms with Gasteiger partial charge in [0.2, 0.25) is 0 Å². The van der Waals surface area contributed by atoms with Gasteiger partial charge in [-0.1, -0.05) is 24.6 Å². The SMILES string of the molecule is CCCOc1cc(CO)ccc1Cl. The van der Waals surface area contributed by atoms with Crippen LogP contribution in [0, 0.1) is 0 Å². The van der Waals surface area contributed by atoms with Gasteiger partial charge in [0.1, 0.15) is 5.75 Å². The van der Waals surface area contributed by atoms with E-state index in [0.717, 1.165) is 12.0 Å². The van der Waals surface area contributed by atoms with Crippen LogP contribution in [0.3, 0.4) is 0 Å². The van der Waals surface area contributed by atoms with E-state index in [1.807, 2.05) is 6.92 Å². The fourth-order valence-electron chi connectivity index (χ4n) is 0.969. The Labute approximate surface area is 83.1 Å². The minimum atomic E-state index is 0.0135. The summed E-state index contributed by atoms with van der Waals surface area (Å²) in [6.45, 7) is 2.69. The summed E-state index contributed by atoms with van der Waals surface area (Å²) in [6.07, 6.45) is 0.944. The highest BCUT2D eigenvalue weighted by molar-refractivity contribution is 6.32. The average molecular weight is 201 g/mol. The molecule has 72 valence electrons. The number of ether oxygens (including phenoxy) is 1. The Bertz CT molecular complexity index is 274. The predicted molar refractivity (Wildman–Crippen MR) is 53.2 cm³/mol. The Morgan fingerprint density at radius 3 is 2.85 bits per heavy atom. The first-order valence-corrected chi connectivity index (χ1v) is 4.67. The summed E-state index contributed by atoms with van der Waals surface area (Å²) in [5.41, 5.74) is 0.815. The predicted octanol–water partition coefficient (Wildman–Crippen LogP) is 2.62. The van der Waals surface area contributed by atoms with Gasteiger partial charge in [-0.05, 0) is 24.1 Å². The highest BCUT2D eigenvalue weighted by Crippen LogP contribution is 2.25. The van der Waals surface area contributed by atoms with Crippen molar-refractivity contribution in [1.82, 2.24) is 0 Å². The third kappa shape index (κ3) is 2.90. The number of hydrogen-bond donors (Lipinski definition) is 1. The molecule has 0 unspecified atom stereocenters. The smallest absolute Gasteiger partial charge is 0.138 e. The summed E-state index contributed by atoms with van der Waals surface area (Å²) in [5.74, 6) is 0.648. The molecule has 13 heavy (non-hydrogen) atoms. The highest BCUT2D eigenvalue weighted by Gasteiger charge is 2.01. The molecule has 2 nitrogen and oxygen atoms in total. The fourth-order valence-corrected chi connectivity index (χ4v) is 1.14. The summed E-state index contributed by atoms with van der Waals surface area (Å²) >= 11 is 5.88. The number of hydrogen-bond acceptors (Lipinski definition) is 2. The first-order chi connectivity index (χ1) is 6.27. The van der Waals surface area contributed by atoms with Crippen molar-refractivity contribution in [3.63, 3.8) is 0 Å². The van der Waals surface area contributed by atoms with Crippen LogP contribution in [0.15, 0.2) is 18.2 Å². The zero-order valence-corrected chi connectivity index (χ0v) is 8.34. The molecule has 0 fully saturated rings. The lowest BCUT2D eigenvalue weighted by molar-refractivity contribution is 0.279. The number of benzene rings is 1. The van der Waals surface area contributed by atoms with Crippen molar-refractivity contribution in [3.05, 3.63) is 28.8 Å². The third-order valence-corrected chi connectivity index (χ3v) is 1.95. The lowest BCUT2D eigenvalue weighted by Crippen LogP contribution is -1.96. The molecule has 0 aliphatic heterocycles. The molecule has 0 heterocycles. The van der Waals surface area contributed by atoms with Gasteiger partial charge < -0.3 is 9.84 Å². The van der Waals surface area contributed by atoms with Crippen LogP contribution in [0.2, 0.25) is 5.02 Å². The van der Waals surface area contributed by atoms with Gasteiger partial charge in [-0.25, -0.2) is 0 Å². The van der Waals surface area contributed by atoms with Crippen LogP contribution >= 0.6 is 11.6 Å². The molecule has 1 rings (SSSR count). The van der Waals surface area contributed by atoms with E-state index in [0.29, 0.717) is 17.4 Å². The molecular weight excluding hydrogens is 188 g/mol. The first kappa shape index (κ1) is 10.4. The van der Waals surface area contributed by atoms with Gasteiger partial charge in [-0.15, -0.1) is 0 Å². The Balaban J connectivity index is 2.78. The highest BCUT2D eigenvalue weighted by atomic mass is 35.5. The molecule has 3 heteroatoms. The monoisotopic (exact) mass is 200 g/mol. The maximum Gasteiger partial charge on any atom is 0.138 e. The molecule has 0 aliphatic carbocycles. The average Bonchev–Trinajstić information content (AvgIpc) is 2.17. The normalized spacial score (nSPS) is 10.1. The van der Waals surface area contributed by atoms with Gasteiger partial charge in [-0.3, -0.25) is 0 Å². The van der Waals surface area contributed by atoms with Crippen molar-refractivity contribution in [3.8, 4) is 5.75 Å². The van der Waals surface area contributed by atoms with Crippen molar-refractivity contribution in [1.29, 1.82) is 0 Å². The Kier molecular flexibility index (Phi) is 4.06. The summed E-state index contributed by atoms with van der Waals surface area (Å²) in [4.78, 5) is 0. The zero-order chi connectivity index (χ0) is 9.68. The van der Waals surface area contributed by atoms with Gasteiger partial charge in [-0.2, -0.15) is 0 Å². The molecule has 0 saturated carbocycles. The van der Waals surface area contributed by atoms with E-state index in [1.165, 1.54) is 0 Å². The topological polar surface area (TPSA) is 29.5 Å². The molecule has 1 aromatic rings. The van der Waals surface area contributed by atoms with E-state index in [2.05, 4.69) is 0 Å². The standard InChI is InChI=1S/C10H13ClO2/c1-2-5-13-10-6-8(7-12)3-4-9(10)11/h3-4,6,12H,2,5,7H2,1H3. The van der Waals surface area contributed by atoms with Crippen LogP contribution in [0.25, 0.3) is 0 Å². The summed E-state index contributed by atoms with van der Waals surface area (Å²) in [6, 6.07) is 5.28. The quantitative estimate of drug-likeness (QED) is 0.810. The first-order valence-electron chi connectivity index (χ1n) is 4.30. The van der Waals surface area contributed by atoms with Crippen LogP contribution in [-0.4, -0.2) is 11.7 Å². The van der Waals surface area contributed by atoms with E-state index in [-0.39, 0.29) is 6.61 Å². The minimum absolute atomic E-state index is 0.0135. The van der Waals surface area contributed by atoms with Crippen molar-refractivity contribution < 1.29 is 9.84 Å². The lowest BCUT2D eigenvalue weighted by Gasteiger charge is -2.07. The Morgan fingerprint density at radius 2 is 2.23 bits per heavy atom. The number of aliphatic hydroxyl groups is 1. The lowest BCUT2D eigenvalue weighted by atomic mass is 10.2. The largest absolute Gasteiger partial charge is 0.492 e. The van der Waals surface area contributed by atoms with E-state index in [1.54, 1.807) is 18.2 Å².